The summed E-state index contributed by atoms with van der Waals surface area (Å²) in [6.45, 7) is 0. The van der Waals surface area contributed by atoms with Gasteiger partial charge in [-0.1, -0.05) is 0 Å². The standard InChI is InChI=1S/Nb.2H2Se.2Se/h;2*1H2;;/q+5;;;2*-2/p-1. The molecule has 32 valence electrons. The fourth-order valence-corrected chi connectivity index (χ4v) is 0. The summed E-state index contributed by atoms with van der Waals surface area (Å²) < 4.78 is 0. The number of rotatable bonds is 0. The summed E-state index contributed by atoms with van der Waals surface area (Å²) >= 11 is 0. The molecule has 0 aromatic heterocycles. The second-order valence-electron chi connectivity index (χ2n) is 0. The molecule has 0 nitrogen and oxygen atoms in total. The molecule has 0 amide bonds. The van der Waals surface area contributed by atoms with E-state index in [1.165, 1.54) is 0 Å². The molecule has 0 fully saturated rings. The first-order chi connectivity index (χ1) is 0. The molecule has 0 atom stereocenters. The van der Waals surface area contributed by atoms with Gasteiger partial charge in [-0.05, 0) is 0 Å². The van der Waals surface area contributed by atoms with E-state index >= 15 is 0 Å². The minimum absolute atomic E-state index is 0. The van der Waals surface area contributed by atoms with Crippen molar-refractivity contribution in [1.29, 1.82) is 0 Å². The van der Waals surface area contributed by atoms with Gasteiger partial charge in [0, 0.05) is 0 Å². The Morgan fingerprint density at radius 1 is 0.800 bits per heavy atom. The Morgan fingerprint density at radius 3 is 0.800 bits per heavy atom. The van der Waals surface area contributed by atoms with Gasteiger partial charge in [0.05, 0.1) is 0 Å². The van der Waals surface area contributed by atoms with Crippen LogP contribution in [0.2, 0.25) is 0 Å². The summed E-state index contributed by atoms with van der Waals surface area (Å²) in [6.07, 6.45) is 0. The molecule has 0 aromatic carbocycles. The van der Waals surface area contributed by atoms with Gasteiger partial charge in [0.1, 0.15) is 0 Å². The first-order valence-corrected chi connectivity index (χ1v) is 0. The second kappa shape index (κ2) is 29.1. The molecule has 0 radical (unpaired) electrons. The van der Waals surface area contributed by atoms with Gasteiger partial charge in [0.15, 0.2) is 0 Å². The fourth-order valence-electron chi connectivity index (χ4n) is 0. The predicted molar refractivity (Wildman–Crippen MR) is 27.2 cm³/mol. The Morgan fingerprint density at radius 2 is 0.800 bits per heavy atom. The van der Waals surface area contributed by atoms with Crippen molar-refractivity contribution in [3.05, 3.63) is 0 Å². The van der Waals surface area contributed by atoms with Crippen LogP contribution in [-0.4, -0.2) is 68.3 Å². The van der Waals surface area contributed by atoms with Crippen molar-refractivity contribution >= 4 is 68.3 Å². The van der Waals surface area contributed by atoms with Crippen LogP contribution in [0.15, 0.2) is 0 Å². The summed E-state index contributed by atoms with van der Waals surface area (Å²) in [5.74, 6) is 0. The van der Waals surface area contributed by atoms with Crippen LogP contribution < -0.4 is 0 Å². The van der Waals surface area contributed by atoms with Crippen molar-refractivity contribution < 1.29 is 22.4 Å². The first-order valence-electron chi connectivity index (χ1n) is 0. The van der Waals surface area contributed by atoms with Gasteiger partial charge in [0.2, 0.25) is 0 Å². The van der Waals surface area contributed by atoms with Crippen molar-refractivity contribution in [2.45, 2.75) is 0 Å². The molecule has 0 spiro atoms. The van der Waals surface area contributed by atoms with Crippen LogP contribution in [0.5, 0.6) is 0 Å². The Balaban J connectivity index is 0. The van der Waals surface area contributed by atoms with Crippen LogP contribution >= 0.6 is 0 Å². The summed E-state index contributed by atoms with van der Waals surface area (Å²) in [4.78, 5) is 0. The van der Waals surface area contributed by atoms with Crippen LogP contribution in [0.25, 0.3) is 0 Å². The molecule has 0 saturated heterocycles. The molecule has 0 aliphatic carbocycles. The third kappa shape index (κ3) is 19.9. The fraction of sp³-hybridized carbons (Fsp3) is 0. The second-order valence-corrected chi connectivity index (χ2v) is 0. The Labute approximate surface area is 89.4 Å². The molecular formula is H3NbSe4. The van der Waals surface area contributed by atoms with E-state index in [-0.39, 0.29) is 90.7 Å². The SMILES string of the molecule is [Nb+5].[Se-2].[Se-2].[SeH-].[SeH2]. The van der Waals surface area contributed by atoms with Crippen LogP contribution in [-0.2, 0) is 22.4 Å². The molecule has 0 aromatic rings. The molecular weight excluding hydrogens is 409 g/mol. The summed E-state index contributed by atoms with van der Waals surface area (Å²) in [6, 6.07) is 0. The maximum atomic E-state index is 0. The molecule has 0 unspecified atom stereocenters. The van der Waals surface area contributed by atoms with Crippen molar-refractivity contribution in [2.24, 2.45) is 0 Å². The van der Waals surface area contributed by atoms with Gasteiger partial charge in [-0.3, -0.25) is 0 Å². The van der Waals surface area contributed by atoms with Gasteiger partial charge in [-0.15, -0.1) is 0 Å². The molecule has 0 aliphatic rings. The Hall–Kier alpha value is 2.82. The topological polar surface area (TPSA) is 0 Å². The zero-order valence-corrected chi connectivity index (χ0v) is 11.8. The van der Waals surface area contributed by atoms with Crippen molar-refractivity contribution in [2.75, 3.05) is 0 Å². The average molecular weight is 412 g/mol. The normalized spacial score (nSPS) is 0. The van der Waals surface area contributed by atoms with E-state index in [4.69, 9.17) is 0 Å². The minimum atomic E-state index is 0. The Kier molecular flexibility index (Phi) is 266. The molecule has 0 rings (SSSR count). The Bertz CT molecular complexity index is 3.61. The summed E-state index contributed by atoms with van der Waals surface area (Å²) in [5.41, 5.74) is 0. The zero-order valence-electron chi connectivity index (χ0n) is 2.21. The predicted octanol–water partition coefficient (Wildman–Crippen LogP) is -2.33. The quantitative estimate of drug-likeness (QED) is 0.392. The molecule has 5 heavy (non-hydrogen) atoms. The molecule has 0 heterocycles. The van der Waals surface area contributed by atoms with E-state index in [1.54, 1.807) is 0 Å². The van der Waals surface area contributed by atoms with E-state index in [1.807, 2.05) is 0 Å². The van der Waals surface area contributed by atoms with Gasteiger partial charge < -0.3 is 34.1 Å². The van der Waals surface area contributed by atoms with Gasteiger partial charge in [-0.25, -0.2) is 0 Å². The van der Waals surface area contributed by atoms with E-state index in [2.05, 4.69) is 0 Å². The first kappa shape index (κ1) is 45.8. The zero-order chi connectivity index (χ0) is 0. The van der Waals surface area contributed by atoms with Crippen molar-refractivity contribution in [3.63, 3.8) is 0 Å². The molecule has 0 bridgehead atoms. The number of hydrogen-bond acceptors (Lipinski definition) is 0. The van der Waals surface area contributed by atoms with Crippen molar-refractivity contribution in [1.82, 2.24) is 0 Å². The van der Waals surface area contributed by atoms with E-state index in [9.17, 15) is 0 Å². The third-order valence-electron chi connectivity index (χ3n) is 0. The van der Waals surface area contributed by atoms with Crippen LogP contribution in [0.1, 0.15) is 0 Å². The van der Waals surface area contributed by atoms with Crippen LogP contribution in [0, 0.1) is 0 Å². The van der Waals surface area contributed by atoms with Crippen molar-refractivity contribution in [3.8, 4) is 0 Å². The summed E-state index contributed by atoms with van der Waals surface area (Å²) in [7, 11) is 0. The van der Waals surface area contributed by atoms with Gasteiger partial charge in [0.25, 0.3) is 0 Å². The van der Waals surface area contributed by atoms with E-state index < -0.39 is 0 Å². The van der Waals surface area contributed by atoms with Gasteiger partial charge >= 0.3 is 56.5 Å². The third-order valence-corrected chi connectivity index (χ3v) is 0. The average Bonchev–Trinajstić information content (AvgIpc) is 0. The monoisotopic (exact) mass is 416 g/mol. The number of hydrogen-bond donors (Lipinski definition) is 0. The van der Waals surface area contributed by atoms with E-state index in [0.717, 1.165) is 0 Å². The molecule has 0 aliphatic heterocycles. The van der Waals surface area contributed by atoms with Crippen LogP contribution in [0.3, 0.4) is 0 Å². The molecule has 0 N–H and O–H groups in total. The maximum absolute atomic E-state index is 0. The molecule has 0 saturated carbocycles. The molecule has 5 heteroatoms. The van der Waals surface area contributed by atoms with Gasteiger partial charge in [-0.2, -0.15) is 0 Å². The van der Waals surface area contributed by atoms with E-state index in [0.29, 0.717) is 0 Å². The van der Waals surface area contributed by atoms with Crippen LogP contribution in [0.4, 0.5) is 0 Å². The summed E-state index contributed by atoms with van der Waals surface area (Å²) in [5, 5.41) is 0.